The first-order chi connectivity index (χ1) is 14.5. The van der Waals surface area contributed by atoms with Crippen molar-refractivity contribution in [2.45, 2.75) is 6.92 Å². The van der Waals surface area contributed by atoms with Gasteiger partial charge >= 0.3 is 5.97 Å². The molecule has 0 aliphatic rings. The maximum Gasteiger partial charge on any atom is 0.335 e. The van der Waals surface area contributed by atoms with Crippen LogP contribution in [-0.2, 0) is 4.79 Å². The van der Waals surface area contributed by atoms with E-state index >= 15 is 0 Å². The van der Waals surface area contributed by atoms with Crippen LogP contribution in [0.15, 0.2) is 70.7 Å². The molecule has 1 aromatic heterocycles. The molecular weight excluding hydrogens is 384 g/mol. The van der Waals surface area contributed by atoms with Gasteiger partial charge in [-0.05, 0) is 55.5 Å². The average Bonchev–Trinajstić information content (AvgIpc) is 3.22. The molecule has 150 valence electrons. The van der Waals surface area contributed by atoms with Crippen LogP contribution in [0.1, 0.15) is 23.0 Å². The lowest BCUT2D eigenvalue weighted by Gasteiger charge is -2.06. The summed E-state index contributed by atoms with van der Waals surface area (Å²) in [5, 5.41) is 21.1. The third kappa shape index (κ3) is 4.94. The normalized spacial score (nSPS) is 10.9. The fourth-order valence-corrected chi connectivity index (χ4v) is 2.68. The second kappa shape index (κ2) is 9.26. The molecule has 0 aliphatic carbocycles. The number of benzene rings is 2. The van der Waals surface area contributed by atoms with E-state index in [4.69, 9.17) is 14.3 Å². The Hall–Kier alpha value is -4.31. The van der Waals surface area contributed by atoms with E-state index in [1.165, 1.54) is 18.2 Å². The molecule has 2 aromatic carbocycles. The van der Waals surface area contributed by atoms with Crippen LogP contribution in [0.25, 0.3) is 17.4 Å². The monoisotopic (exact) mass is 402 g/mol. The number of nitrogens with one attached hydrogen (secondary N) is 1. The van der Waals surface area contributed by atoms with Crippen LogP contribution in [0.4, 0.5) is 5.69 Å². The van der Waals surface area contributed by atoms with E-state index in [9.17, 15) is 14.9 Å². The van der Waals surface area contributed by atoms with E-state index in [2.05, 4.69) is 5.32 Å². The molecule has 1 amide bonds. The van der Waals surface area contributed by atoms with Gasteiger partial charge in [0, 0.05) is 17.3 Å². The molecule has 2 N–H and O–H groups in total. The highest BCUT2D eigenvalue weighted by Crippen LogP contribution is 2.25. The highest BCUT2D eigenvalue weighted by Gasteiger charge is 2.12. The smallest absolute Gasteiger partial charge is 0.335 e. The number of carbonyl (C=O) groups is 2. The van der Waals surface area contributed by atoms with Gasteiger partial charge in [-0.1, -0.05) is 12.1 Å². The number of carbonyl (C=O) groups excluding carboxylic acids is 1. The molecule has 0 atom stereocenters. The van der Waals surface area contributed by atoms with Crippen molar-refractivity contribution >= 4 is 23.6 Å². The highest BCUT2D eigenvalue weighted by molar-refractivity contribution is 6.09. The molecule has 7 heteroatoms. The van der Waals surface area contributed by atoms with Crippen LogP contribution in [-0.4, -0.2) is 23.6 Å². The third-order valence-electron chi connectivity index (χ3n) is 4.10. The van der Waals surface area contributed by atoms with Crippen LogP contribution in [0, 0.1) is 11.3 Å². The maximum atomic E-state index is 12.4. The minimum Gasteiger partial charge on any atom is -0.494 e. The quantitative estimate of drug-likeness (QED) is 0.441. The molecular formula is C23H18N2O5. The predicted molar refractivity (Wildman–Crippen MR) is 111 cm³/mol. The van der Waals surface area contributed by atoms with E-state index in [1.807, 2.05) is 13.0 Å². The summed E-state index contributed by atoms with van der Waals surface area (Å²) in [6.07, 6.45) is 1.33. The number of furan rings is 1. The molecule has 0 aliphatic heterocycles. The number of hydrogen-bond acceptors (Lipinski definition) is 5. The van der Waals surface area contributed by atoms with E-state index < -0.39 is 11.9 Å². The molecule has 7 nitrogen and oxygen atoms in total. The number of carboxylic acid groups (broad SMARTS) is 1. The minimum atomic E-state index is -1.04. The number of hydrogen-bond donors (Lipinski definition) is 2. The first kappa shape index (κ1) is 20.4. The summed E-state index contributed by atoms with van der Waals surface area (Å²) in [7, 11) is 0. The third-order valence-corrected chi connectivity index (χ3v) is 4.10. The van der Waals surface area contributed by atoms with Gasteiger partial charge in [0.1, 0.15) is 28.9 Å². The zero-order valence-corrected chi connectivity index (χ0v) is 16.1. The molecule has 30 heavy (non-hydrogen) atoms. The fourth-order valence-electron chi connectivity index (χ4n) is 2.68. The van der Waals surface area contributed by atoms with Crippen LogP contribution in [0.3, 0.4) is 0 Å². The number of amides is 1. The second-order valence-electron chi connectivity index (χ2n) is 6.17. The summed E-state index contributed by atoms with van der Waals surface area (Å²) < 4.78 is 11.0. The number of nitrogens with zero attached hydrogens (tertiary/aromatic N) is 1. The van der Waals surface area contributed by atoms with Crippen LogP contribution >= 0.6 is 0 Å². The van der Waals surface area contributed by atoms with Crippen molar-refractivity contribution < 1.29 is 23.8 Å². The van der Waals surface area contributed by atoms with Gasteiger partial charge in [-0.2, -0.15) is 5.26 Å². The van der Waals surface area contributed by atoms with Gasteiger partial charge in [-0.25, -0.2) is 4.79 Å². The van der Waals surface area contributed by atoms with Crippen molar-refractivity contribution in [3.8, 4) is 23.1 Å². The van der Waals surface area contributed by atoms with Gasteiger partial charge in [0.05, 0.1) is 12.2 Å². The standard InChI is InChI=1S/C23H18N2O5/c1-2-29-19-8-6-18(7-9-19)25-22(26)17(14-24)13-20-10-11-21(30-20)15-4-3-5-16(12-15)23(27)28/h3-13H,2H2,1H3,(H,25,26)(H,27,28)/b17-13-. The Kier molecular flexibility index (Phi) is 6.30. The SMILES string of the molecule is CCOc1ccc(NC(=O)/C(C#N)=C\c2ccc(-c3cccc(C(=O)O)c3)o2)cc1. The Morgan fingerprint density at radius 2 is 1.93 bits per heavy atom. The number of nitriles is 1. The fraction of sp³-hybridized carbons (Fsp3) is 0.0870. The predicted octanol–water partition coefficient (Wildman–Crippen LogP) is 4.59. The van der Waals surface area contributed by atoms with Crippen LogP contribution in [0.2, 0.25) is 0 Å². The molecule has 0 radical (unpaired) electrons. The molecule has 1 heterocycles. The highest BCUT2D eigenvalue weighted by atomic mass is 16.5. The average molecular weight is 402 g/mol. The Balaban J connectivity index is 1.76. The lowest BCUT2D eigenvalue weighted by Crippen LogP contribution is -2.13. The molecule has 0 saturated carbocycles. The summed E-state index contributed by atoms with van der Waals surface area (Å²) in [5.41, 5.74) is 1.10. The van der Waals surface area contributed by atoms with E-state index in [1.54, 1.807) is 48.5 Å². The van der Waals surface area contributed by atoms with Gasteiger partial charge in [0.2, 0.25) is 0 Å². The second-order valence-corrected chi connectivity index (χ2v) is 6.17. The Bertz CT molecular complexity index is 1140. The number of anilines is 1. The first-order valence-electron chi connectivity index (χ1n) is 9.09. The minimum absolute atomic E-state index is 0.133. The summed E-state index contributed by atoms with van der Waals surface area (Å²) in [5.74, 6) is -0.215. The topological polar surface area (TPSA) is 113 Å². The molecule has 0 bridgehead atoms. The van der Waals surface area contributed by atoms with Gasteiger partial charge < -0.3 is 19.6 Å². The molecule has 3 aromatic rings. The van der Waals surface area contributed by atoms with Crippen LogP contribution in [0.5, 0.6) is 5.75 Å². The molecule has 0 unspecified atom stereocenters. The Labute approximate surface area is 172 Å². The molecule has 0 saturated heterocycles. The van der Waals surface area contributed by atoms with E-state index in [-0.39, 0.29) is 11.1 Å². The number of carboxylic acids is 1. The van der Waals surface area contributed by atoms with Crippen molar-refractivity contribution in [1.82, 2.24) is 0 Å². The summed E-state index contributed by atoms with van der Waals surface area (Å²) >= 11 is 0. The zero-order valence-electron chi connectivity index (χ0n) is 16.1. The van der Waals surface area contributed by atoms with Crippen molar-refractivity contribution in [3.63, 3.8) is 0 Å². The van der Waals surface area contributed by atoms with Crippen LogP contribution < -0.4 is 10.1 Å². The molecule has 0 fully saturated rings. The number of ether oxygens (including phenoxy) is 1. The largest absolute Gasteiger partial charge is 0.494 e. The van der Waals surface area contributed by atoms with E-state index in [0.717, 1.165) is 0 Å². The zero-order chi connectivity index (χ0) is 21.5. The van der Waals surface area contributed by atoms with Crippen molar-refractivity contribution in [3.05, 3.63) is 77.6 Å². The van der Waals surface area contributed by atoms with Gasteiger partial charge in [-0.3, -0.25) is 4.79 Å². The van der Waals surface area contributed by atoms with E-state index in [0.29, 0.717) is 35.1 Å². The summed E-state index contributed by atoms with van der Waals surface area (Å²) in [4.78, 5) is 23.5. The Morgan fingerprint density at radius 1 is 1.17 bits per heavy atom. The first-order valence-corrected chi connectivity index (χ1v) is 9.09. The summed E-state index contributed by atoms with van der Waals surface area (Å²) in [6, 6.07) is 18.2. The maximum absolute atomic E-state index is 12.4. The van der Waals surface area contributed by atoms with Crippen molar-refractivity contribution in [2.75, 3.05) is 11.9 Å². The lowest BCUT2D eigenvalue weighted by atomic mass is 10.1. The Morgan fingerprint density at radius 3 is 2.60 bits per heavy atom. The molecule has 3 rings (SSSR count). The summed E-state index contributed by atoms with van der Waals surface area (Å²) in [6.45, 7) is 2.42. The number of aromatic carboxylic acids is 1. The van der Waals surface area contributed by atoms with Gasteiger partial charge in [0.25, 0.3) is 5.91 Å². The van der Waals surface area contributed by atoms with Crippen molar-refractivity contribution in [2.24, 2.45) is 0 Å². The van der Waals surface area contributed by atoms with Gasteiger partial charge in [0.15, 0.2) is 0 Å². The number of rotatable bonds is 7. The lowest BCUT2D eigenvalue weighted by molar-refractivity contribution is -0.112. The van der Waals surface area contributed by atoms with Gasteiger partial charge in [-0.15, -0.1) is 0 Å². The molecule has 0 spiro atoms. The van der Waals surface area contributed by atoms with Crippen molar-refractivity contribution in [1.29, 1.82) is 5.26 Å².